The number of hydrogen-bond acceptors (Lipinski definition) is 2. The van der Waals surface area contributed by atoms with Crippen LogP contribution < -0.4 is 4.68 Å². The molecule has 4 heteroatoms. The Labute approximate surface area is 117 Å². The van der Waals surface area contributed by atoms with Gasteiger partial charge in [0.05, 0.1) is 6.21 Å². The Morgan fingerprint density at radius 1 is 1.00 bits per heavy atom. The summed E-state index contributed by atoms with van der Waals surface area (Å²) < 4.78 is 3.56. The van der Waals surface area contributed by atoms with Gasteiger partial charge >= 0.3 is 0 Å². The van der Waals surface area contributed by atoms with Crippen LogP contribution >= 0.6 is 0 Å². The SMILES string of the molecule is C(=N/[n+]1cnn(Cc2ccccc2)c1)/c1ccccc1. The minimum atomic E-state index is 0.745. The molecule has 1 heterocycles. The summed E-state index contributed by atoms with van der Waals surface area (Å²) in [6.07, 6.45) is 5.38. The van der Waals surface area contributed by atoms with E-state index in [9.17, 15) is 0 Å². The molecule has 98 valence electrons. The van der Waals surface area contributed by atoms with E-state index in [4.69, 9.17) is 0 Å². The smallest absolute Gasteiger partial charge is 0.113 e. The van der Waals surface area contributed by atoms with Gasteiger partial charge in [-0.25, -0.2) is 0 Å². The molecule has 2 aromatic carbocycles. The average Bonchev–Trinajstić information content (AvgIpc) is 2.95. The van der Waals surface area contributed by atoms with Gasteiger partial charge in [0, 0.05) is 5.10 Å². The van der Waals surface area contributed by atoms with Crippen LogP contribution in [0.2, 0.25) is 0 Å². The zero-order chi connectivity index (χ0) is 13.6. The summed E-state index contributed by atoms with van der Waals surface area (Å²) in [7, 11) is 0. The second-order valence-electron chi connectivity index (χ2n) is 4.46. The third kappa shape index (κ3) is 3.17. The van der Waals surface area contributed by atoms with E-state index in [0.29, 0.717) is 0 Å². The van der Waals surface area contributed by atoms with Gasteiger partial charge in [-0.15, -0.1) is 14.5 Å². The fraction of sp³-hybridized carbons (Fsp3) is 0.0625. The van der Waals surface area contributed by atoms with E-state index in [1.54, 1.807) is 11.0 Å². The minimum absolute atomic E-state index is 0.745. The van der Waals surface area contributed by atoms with Crippen molar-refractivity contribution in [3.8, 4) is 0 Å². The Kier molecular flexibility index (Phi) is 3.64. The molecule has 0 unspecified atom stereocenters. The predicted molar refractivity (Wildman–Crippen MR) is 77.4 cm³/mol. The highest BCUT2D eigenvalue weighted by molar-refractivity contribution is 5.78. The van der Waals surface area contributed by atoms with Crippen LogP contribution in [0.15, 0.2) is 78.4 Å². The van der Waals surface area contributed by atoms with E-state index in [1.807, 2.05) is 65.8 Å². The molecule has 4 nitrogen and oxygen atoms in total. The molecule has 0 bridgehead atoms. The molecule has 0 fully saturated rings. The zero-order valence-corrected chi connectivity index (χ0v) is 11.0. The first-order chi connectivity index (χ1) is 9.90. The van der Waals surface area contributed by atoms with E-state index in [0.717, 1.165) is 12.1 Å². The molecule has 0 saturated carbocycles. The molecular formula is C16H15N4+. The second kappa shape index (κ2) is 5.93. The molecular weight excluding hydrogens is 248 g/mol. The van der Waals surface area contributed by atoms with Gasteiger partial charge in [0.25, 0.3) is 6.33 Å². The van der Waals surface area contributed by atoms with Crippen molar-refractivity contribution in [3.63, 3.8) is 0 Å². The van der Waals surface area contributed by atoms with Crippen molar-refractivity contribution in [3.05, 3.63) is 84.4 Å². The van der Waals surface area contributed by atoms with Gasteiger partial charge in [-0.05, 0) is 11.1 Å². The molecule has 0 aliphatic heterocycles. The van der Waals surface area contributed by atoms with Gasteiger partial charge in [-0.1, -0.05) is 60.7 Å². The lowest BCUT2D eigenvalue weighted by Crippen LogP contribution is -2.24. The number of benzene rings is 2. The molecule has 0 aliphatic carbocycles. The summed E-state index contributed by atoms with van der Waals surface area (Å²) in [5, 5.41) is 8.64. The molecule has 20 heavy (non-hydrogen) atoms. The quantitative estimate of drug-likeness (QED) is 0.524. The number of hydrogen-bond donors (Lipinski definition) is 0. The van der Waals surface area contributed by atoms with Crippen LogP contribution in [0.25, 0.3) is 0 Å². The largest absolute Gasteiger partial charge is 0.289 e. The van der Waals surface area contributed by atoms with Crippen LogP contribution in [-0.2, 0) is 6.54 Å². The lowest BCUT2D eigenvalue weighted by Gasteiger charge is -1.93. The first-order valence-electron chi connectivity index (χ1n) is 6.47. The van der Waals surface area contributed by atoms with Crippen LogP contribution in [0.3, 0.4) is 0 Å². The van der Waals surface area contributed by atoms with Gasteiger partial charge in [0.15, 0.2) is 0 Å². The van der Waals surface area contributed by atoms with Crippen molar-refractivity contribution in [2.45, 2.75) is 6.54 Å². The number of rotatable bonds is 4. The molecule has 0 radical (unpaired) electrons. The number of aromatic nitrogens is 3. The van der Waals surface area contributed by atoms with Crippen molar-refractivity contribution in [1.82, 2.24) is 9.78 Å². The van der Waals surface area contributed by atoms with Crippen LogP contribution in [0.1, 0.15) is 11.1 Å². The highest BCUT2D eigenvalue weighted by atomic mass is 15.5. The molecule has 0 atom stereocenters. The summed E-state index contributed by atoms with van der Waals surface area (Å²) in [6.45, 7) is 0.745. The highest BCUT2D eigenvalue weighted by Gasteiger charge is 2.05. The van der Waals surface area contributed by atoms with E-state index in [2.05, 4.69) is 22.3 Å². The first-order valence-corrected chi connectivity index (χ1v) is 6.47. The maximum Gasteiger partial charge on any atom is 0.289 e. The fourth-order valence-electron chi connectivity index (χ4n) is 1.90. The summed E-state index contributed by atoms with van der Waals surface area (Å²) in [4.78, 5) is 0. The Morgan fingerprint density at radius 2 is 1.70 bits per heavy atom. The van der Waals surface area contributed by atoms with Crippen molar-refractivity contribution < 1.29 is 4.68 Å². The third-order valence-corrected chi connectivity index (χ3v) is 2.90. The lowest BCUT2D eigenvalue weighted by atomic mass is 10.2. The molecule has 0 saturated heterocycles. The molecule has 0 aliphatic rings. The molecule has 3 aromatic rings. The van der Waals surface area contributed by atoms with Gasteiger partial charge in [0.2, 0.25) is 6.33 Å². The summed E-state index contributed by atoms with van der Waals surface area (Å²) in [6, 6.07) is 20.2. The molecule has 0 spiro atoms. The van der Waals surface area contributed by atoms with Gasteiger partial charge in [-0.3, -0.25) is 0 Å². The van der Waals surface area contributed by atoms with E-state index in [-0.39, 0.29) is 0 Å². The summed E-state index contributed by atoms with van der Waals surface area (Å²) >= 11 is 0. The van der Waals surface area contributed by atoms with E-state index in [1.165, 1.54) is 5.56 Å². The Morgan fingerprint density at radius 3 is 2.45 bits per heavy atom. The third-order valence-electron chi connectivity index (χ3n) is 2.90. The van der Waals surface area contributed by atoms with Gasteiger partial charge < -0.3 is 0 Å². The van der Waals surface area contributed by atoms with Gasteiger partial charge in [0.1, 0.15) is 6.54 Å². The van der Waals surface area contributed by atoms with Crippen LogP contribution in [0.5, 0.6) is 0 Å². The van der Waals surface area contributed by atoms with Crippen molar-refractivity contribution >= 4 is 6.21 Å². The maximum absolute atomic E-state index is 4.35. The maximum atomic E-state index is 4.35. The Hall–Kier alpha value is -2.75. The van der Waals surface area contributed by atoms with E-state index < -0.39 is 0 Å². The highest BCUT2D eigenvalue weighted by Crippen LogP contribution is 1.99. The Balaban J connectivity index is 1.70. The summed E-state index contributed by atoms with van der Waals surface area (Å²) in [5.41, 5.74) is 2.28. The normalized spacial score (nSPS) is 11.0. The van der Waals surface area contributed by atoms with Crippen molar-refractivity contribution in [1.29, 1.82) is 0 Å². The van der Waals surface area contributed by atoms with Crippen molar-refractivity contribution in [2.24, 2.45) is 5.10 Å². The topological polar surface area (TPSA) is 34.1 Å². The minimum Gasteiger partial charge on any atom is -0.113 e. The summed E-state index contributed by atoms with van der Waals surface area (Å²) in [5.74, 6) is 0. The molecule has 3 rings (SSSR count). The molecule has 1 aromatic heterocycles. The van der Waals surface area contributed by atoms with Crippen LogP contribution in [0.4, 0.5) is 0 Å². The average molecular weight is 263 g/mol. The predicted octanol–water partition coefficient (Wildman–Crippen LogP) is 2.10. The fourth-order valence-corrected chi connectivity index (χ4v) is 1.90. The van der Waals surface area contributed by atoms with Gasteiger partial charge in [-0.2, -0.15) is 0 Å². The zero-order valence-electron chi connectivity index (χ0n) is 11.0. The molecule has 0 N–H and O–H groups in total. The Bertz CT molecular complexity index is 687. The van der Waals surface area contributed by atoms with Crippen LogP contribution in [-0.4, -0.2) is 16.0 Å². The standard InChI is InChI=1S/C16H15N4/c1-3-7-15(8-4-1)11-17-20-13-18-19(14-20)12-16-9-5-2-6-10-16/h1-11,13-14H,12H2/q+1/b17-11-. The second-order valence-corrected chi connectivity index (χ2v) is 4.46. The monoisotopic (exact) mass is 263 g/mol. The molecule has 0 amide bonds. The number of nitrogens with zero attached hydrogens (tertiary/aromatic N) is 4. The van der Waals surface area contributed by atoms with Crippen molar-refractivity contribution in [2.75, 3.05) is 0 Å². The van der Waals surface area contributed by atoms with E-state index >= 15 is 0 Å². The lowest BCUT2D eigenvalue weighted by molar-refractivity contribution is -0.679. The first kappa shape index (κ1) is 12.3. The van der Waals surface area contributed by atoms with Crippen LogP contribution in [0, 0.1) is 0 Å².